The first-order valence-electron chi connectivity index (χ1n) is 9.28. The highest BCUT2D eigenvalue weighted by molar-refractivity contribution is 9.10. The third-order valence-electron chi connectivity index (χ3n) is 4.49. The predicted molar refractivity (Wildman–Crippen MR) is 115 cm³/mol. The van der Waals surface area contributed by atoms with Crippen LogP contribution in [-0.4, -0.2) is 27.3 Å². The summed E-state index contributed by atoms with van der Waals surface area (Å²) in [5.41, 5.74) is 3.84. The topological polar surface area (TPSA) is 59.0 Å². The Bertz CT molecular complexity index is 989. The largest absolute Gasteiger partial charge is 0.310 e. The number of halogens is 1. The molecule has 0 amide bonds. The summed E-state index contributed by atoms with van der Waals surface area (Å²) >= 11 is 3.68. The number of benzene rings is 1. The lowest BCUT2D eigenvalue weighted by Gasteiger charge is -2.23. The minimum atomic E-state index is -0.162. The van der Waals surface area contributed by atoms with Gasteiger partial charge in [0.15, 0.2) is 0 Å². The zero-order chi connectivity index (χ0) is 20.3. The average molecular weight is 439 g/mol. The number of hydrogen-bond donors (Lipinski definition) is 0. The maximum atomic E-state index is 12.8. The molecule has 0 aliphatic carbocycles. The van der Waals surface area contributed by atoms with E-state index in [0.717, 1.165) is 15.9 Å². The summed E-state index contributed by atoms with van der Waals surface area (Å²) in [6, 6.07) is 11.5. The van der Waals surface area contributed by atoms with Crippen LogP contribution < -0.4 is 4.90 Å². The molecule has 0 bridgehead atoms. The van der Waals surface area contributed by atoms with Gasteiger partial charge in [0.2, 0.25) is 11.7 Å². The number of aromatic nitrogens is 3. The van der Waals surface area contributed by atoms with Crippen LogP contribution in [0.15, 0.2) is 53.3 Å². The summed E-state index contributed by atoms with van der Waals surface area (Å²) in [5.74, 6) is 0.789. The van der Waals surface area contributed by atoms with Crippen molar-refractivity contribution in [3.05, 3.63) is 75.8 Å². The lowest BCUT2D eigenvalue weighted by Crippen LogP contribution is -2.21. The fourth-order valence-corrected chi connectivity index (χ4v) is 3.57. The molecule has 6 heteroatoms. The molecule has 0 aliphatic heterocycles. The van der Waals surface area contributed by atoms with Crippen molar-refractivity contribution in [1.82, 2.24) is 15.0 Å². The summed E-state index contributed by atoms with van der Waals surface area (Å²) in [5, 5.41) is 0. The minimum Gasteiger partial charge on any atom is -0.310 e. The van der Waals surface area contributed by atoms with E-state index in [1.807, 2.05) is 18.7 Å². The summed E-state index contributed by atoms with van der Waals surface area (Å²) in [6.07, 6.45) is 3.20. The molecule has 0 saturated carbocycles. The minimum absolute atomic E-state index is 0.162. The van der Waals surface area contributed by atoms with Gasteiger partial charge in [-0.05, 0) is 71.6 Å². The number of aryl methyl sites for hydroxylation is 1. The van der Waals surface area contributed by atoms with Crippen molar-refractivity contribution in [2.24, 2.45) is 0 Å². The zero-order valence-corrected chi connectivity index (χ0v) is 18.1. The molecule has 0 spiro atoms. The van der Waals surface area contributed by atoms with Crippen molar-refractivity contribution in [2.45, 2.75) is 33.6 Å². The Balaban J connectivity index is 2.02. The van der Waals surface area contributed by atoms with Crippen molar-refractivity contribution in [2.75, 3.05) is 11.4 Å². The van der Waals surface area contributed by atoms with Crippen LogP contribution in [0.25, 0.3) is 0 Å². The van der Waals surface area contributed by atoms with Crippen molar-refractivity contribution in [3.63, 3.8) is 0 Å². The van der Waals surface area contributed by atoms with Crippen molar-refractivity contribution in [1.29, 1.82) is 0 Å². The van der Waals surface area contributed by atoms with E-state index in [2.05, 4.69) is 62.9 Å². The van der Waals surface area contributed by atoms with Crippen molar-refractivity contribution in [3.8, 4) is 0 Å². The summed E-state index contributed by atoms with van der Waals surface area (Å²) in [4.78, 5) is 28.0. The average Bonchev–Trinajstić information content (AvgIpc) is 2.69. The smallest absolute Gasteiger partial charge is 0.230 e. The van der Waals surface area contributed by atoms with Crippen LogP contribution in [0.2, 0.25) is 0 Å². The van der Waals surface area contributed by atoms with Crippen molar-refractivity contribution < 1.29 is 4.79 Å². The van der Waals surface area contributed by atoms with E-state index in [0.29, 0.717) is 29.7 Å². The first-order valence-corrected chi connectivity index (χ1v) is 10.1. The molecule has 3 aromatic rings. The molecule has 3 rings (SSSR count). The van der Waals surface area contributed by atoms with E-state index in [1.54, 1.807) is 30.6 Å². The third-order valence-corrected chi connectivity index (χ3v) is 5.12. The number of ketones is 1. The monoisotopic (exact) mass is 438 g/mol. The first-order chi connectivity index (χ1) is 13.4. The molecule has 2 aromatic heterocycles. The van der Waals surface area contributed by atoms with Gasteiger partial charge in [-0.3, -0.25) is 9.78 Å². The highest BCUT2D eigenvalue weighted by atomic mass is 79.9. The fourth-order valence-electron chi connectivity index (χ4n) is 2.96. The van der Waals surface area contributed by atoms with Gasteiger partial charge in [0, 0.05) is 34.7 Å². The quantitative estimate of drug-likeness (QED) is 0.478. The standard InChI is InChI=1S/C22H23BrN4O/c1-5-27(20-9-8-16(14(2)3)12-18(20)23)22-25-15(4)11-19(26-22)21(28)17-7-6-10-24-13-17/h6-14H,5H2,1-4H3. The van der Waals surface area contributed by atoms with Gasteiger partial charge in [0.25, 0.3) is 0 Å². The summed E-state index contributed by atoms with van der Waals surface area (Å²) < 4.78 is 0.978. The molecule has 5 nitrogen and oxygen atoms in total. The Morgan fingerprint density at radius 3 is 2.57 bits per heavy atom. The van der Waals surface area contributed by atoms with Gasteiger partial charge in [-0.2, -0.15) is 0 Å². The second-order valence-corrected chi connectivity index (χ2v) is 7.73. The second-order valence-electron chi connectivity index (χ2n) is 6.88. The van der Waals surface area contributed by atoms with Gasteiger partial charge in [-0.15, -0.1) is 0 Å². The van der Waals surface area contributed by atoms with E-state index < -0.39 is 0 Å². The summed E-state index contributed by atoms with van der Waals surface area (Å²) in [6.45, 7) is 8.91. The molecular formula is C22H23BrN4O. The van der Waals surface area contributed by atoms with Crippen LogP contribution in [0.4, 0.5) is 11.6 Å². The van der Waals surface area contributed by atoms with Crippen molar-refractivity contribution >= 4 is 33.3 Å². The lowest BCUT2D eigenvalue weighted by atomic mass is 10.0. The van der Waals surface area contributed by atoms with Crippen LogP contribution in [0.3, 0.4) is 0 Å². The first kappa shape index (κ1) is 20.1. The molecule has 1 aromatic carbocycles. The van der Waals surface area contributed by atoms with Gasteiger partial charge >= 0.3 is 0 Å². The third kappa shape index (κ3) is 4.28. The number of rotatable bonds is 6. The number of anilines is 2. The molecule has 0 fully saturated rings. The highest BCUT2D eigenvalue weighted by Gasteiger charge is 2.19. The van der Waals surface area contributed by atoms with Crippen LogP contribution in [0, 0.1) is 6.92 Å². The molecule has 0 atom stereocenters. The van der Waals surface area contributed by atoms with Gasteiger partial charge in [-0.25, -0.2) is 9.97 Å². The fraction of sp³-hybridized carbons (Fsp3) is 0.273. The van der Waals surface area contributed by atoms with Crippen LogP contribution >= 0.6 is 15.9 Å². The molecule has 0 unspecified atom stereocenters. The summed E-state index contributed by atoms with van der Waals surface area (Å²) in [7, 11) is 0. The molecule has 144 valence electrons. The second kappa shape index (κ2) is 8.61. The Morgan fingerprint density at radius 1 is 1.18 bits per heavy atom. The molecule has 28 heavy (non-hydrogen) atoms. The number of hydrogen-bond acceptors (Lipinski definition) is 5. The van der Waals surface area contributed by atoms with Crippen LogP contribution in [-0.2, 0) is 0 Å². The van der Waals surface area contributed by atoms with Gasteiger partial charge in [0.1, 0.15) is 5.69 Å². The van der Waals surface area contributed by atoms with E-state index in [9.17, 15) is 4.79 Å². The zero-order valence-electron chi connectivity index (χ0n) is 16.5. The van der Waals surface area contributed by atoms with Gasteiger partial charge < -0.3 is 4.90 Å². The Kier molecular flexibility index (Phi) is 6.19. The van der Waals surface area contributed by atoms with E-state index in [1.165, 1.54) is 5.56 Å². The van der Waals surface area contributed by atoms with Gasteiger partial charge in [0.05, 0.1) is 5.69 Å². The molecule has 2 heterocycles. The number of nitrogens with zero attached hydrogens (tertiary/aromatic N) is 4. The predicted octanol–water partition coefficient (Wildman–Crippen LogP) is 5.45. The molecular weight excluding hydrogens is 416 g/mol. The Labute approximate surface area is 174 Å². The normalized spacial score (nSPS) is 10.9. The Morgan fingerprint density at radius 2 is 1.96 bits per heavy atom. The molecule has 0 aliphatic rings. The van der Waals surface area contributed by atoms with Crippen LogP contribution in [0.5, 0.6) is 0 Å². The van der Waals surface area contributed by atoms with Gasteiger partial charge in [-0.1, -0.05) is 19.9 Å². The van der Waals surface area contributed by atoms with E-state index >= 15 is 0 Å². The number of carbonyl (C=O) groups excluding carboxylic acids is 1. The molecule has 0 saturated heterocycles. The SMILES string of the molecule is CCN(c1nc(C)cc(C(=O)c2cccnc2)n1)c1ccc(C(C)C)cc1Br. The number of carbonyl (C=O) groups is 1. The van der Waals surface area contributed by atoms with E-state index in [4.69, 9.17) is 0 Å². The maximum absolute atomic E-state index is 12.8. The Hall–Kier alpha value is -2.60. The lowest BCUT2D eigenvalue weighted by molar-refractivity contribution is 0.103. The number of pyridine rings is 1. The maximum Gasteiger partial charge on any atom is 0.230 e. The van der Waals surface area contributed by atoms with Crippen LogP contribution in [0.1, 0.15) is 54.0 Å². The molecule has 0 radical (unpaired) electrons. The van der Waals surface area contributed by atoms with E-state index in [-0.39, 0.29) is 5.78 Å². The molecule has 0 N–H and O–H groups in total. The highest BCUT2D eigenvalue weighted by Crippen LogP contribution is 2.33.